The lowest BCUT2D eigenvalue weighted by molar-refractivity contribution is -0.145. The summed E-state index contributed by atoms with van der Waals surface area (Å²) in [6, 6.07) is 24.7. The molecule has 0 radical (unpaired) electrons. The van der Waals surface area contributed by atoms with E-state index >= 15 is 0 Å². The molecule has 4 bridgehead atoms. The summed E-state index contributed by atoms with van der Waals surface area (Å²) in [6.07, 6.45) is 2.41. The topological polar surface area (TPSA) is 132 Å². The number of ether oxygens (including phenoxy) is 4. The molecule has 1 unspecified atom stereocenters. The highest BCUT2D eigenvalue weighted by molar-refractivity contribution is 7.22. The van der Waals surface area contributed by atoms with Gasteiger partial charge in [-0.25, -0.2) is 29.1 Å². The maximum Gasteiger partial charge on any atom is 0.345 e. The fourth-order valence-electron chi connectivity index (χ4n) is 8.08. The summed E-state index contributed by atoms with van der Waals surface area (Å²) in [5.74, 6) is 0.405. The first kappa shape index (κ1) is 43.4. The molecule has 7 aromatic rings. The molecule has 3 aliphatic heterocycles. The van der Waals surface area contributed by atoms with Gasteiger partial charge in [-0.05, 0) is 90.7 Å². The summed E-state index contributed by atoms with van der Waals surface area (Å²) in [5.41, 5.74) is 4.81. The van der Waals surface area contributed by atoms with Crippen LogP contribution in [0.5, 0.6) is 23.1 Å². The van der Waals surface area contributed by atoms with Gasteiger partial charge in [0, 0.05) is 55.8 Å². The molecule has 0 spiro atoms. The minimum absolute atomic E-state index is 0.0459. The van der Waals surface area contributed by atoms with E-state index in [1.807, 2.05) is 42.5 Å². The van der Waals surface area contributed by atoms with Crippen LogP contribution in [0.15, 0.2) is 97.5 Å². The summed E-state index contributed by atoms with van der Waals surface area (Å²) in [4.78, 5) is 37.5. The second kappa shape index (κ2) is 19.1. The zero-order valence-electron chi connectivity index (χ0n) is 35.0. The summed E-state index contributed by atoms with van der Waals surface area (Å²) in [7, 11) is 3.72. The molecule has 3 aliphatic rings. The van der Waals surface area contributed by atoms with Crippen LogP contribution in [0.25, 0.3) is 43.2 Å². The summed E-state index contributed by atoms with van der Waals surface area (Å²) in [5, 5.41) is 11.9. The second-order valence-electron chi connectivity index (χ2n) is 15.8. The van der Waals surface area contributed by atoms with Crippen molar-refractivity contribution in [3.05, 3.63) is 130 Å². The highest BCUT2D eigenvalue weighted by Crippen LogP contribution is 2.49. The number of hydrogen-bond donors (Lipinski definition) is 1. The van der Waals surface area contributed by atoms with Crippen LogP contribution in [0, 0.1) is 5.82 Å². The van der Waals surface area contributed by atoms with E-state index in [9.17, 15) is 14.3 Å². The lowest BCUT2D eigenvalue weighted by atomic mass is 9.99. The highest BCUT2D eigenvalue weighted by atomic mass is 35.5. The minimum atomic E-state index is -1.41. The average molecular weight is 922 g/mol. The molecule has 1 saturated heterocycles. The van der Waals surface area contributed by atoms with Crippen molar-refractivity contribution in [2.45, 2.75) is 38.1 Å². The molecule has 10 rings (SSSR count). The molecular weight excluding hydrogens is 879 g/mol. The predicted molar refractivity (Wildman–Crippen MR) is 245 cm³/mol. The zero-order chi connectivity index (χ0) is 44.3. The lowest BCUT2D eigenvalue weighted by Crippen LogP contribution is -2.48. The Kier molecular flexibility index (Phi) is 12.9. The Hall–Kier alpha value is -5.90. The van der Waals surface area contributed by atoms with Crippen molar-refractivity contribution in [2.75, 3.05) is 46.9 Å². The maximum atomic E-state index is 14.2. The molecule has 4 aromatic carbocycles. The van der Waals surface area contributed by atoms with Crippen LogP contribution in [0.4, 0.5) is 4.39 Å². The van der Waals surface area contributed by atoms with E-state index in [4.69, 9.17) is 47.1 Å². The van der Waals surface area contributed by atoms with Gasteiger partial charge in [-0.1, -0.05) is 59.6 Å². The average Bonchev–Trinajstić information content (AvgIpc) is 3.70. The van der Waals surface area contributed by atoms with Gasteiger partial charge in [0.15, 0.2) is 11.6 Å². The van der Waals surface area contributed by atoms with Crippen molar-refractivity contribution in [3.8, 4) is 56.1 Å². The van der Waals surface area contributed by atoms with Crippen molar-refractivity contribution in [3.63, 3.8) is 0 Å². The van der Waals surface area contributed by atoms with Crippen molar-refractivity contribution in [2.24, 2.45) is 0 Å². The number of benzene rings is 4. The molecule has 3 aromatic heterocycles. The van der Waals surface area contributed by atoms with Crippen LogP contribution >= 0.6 is 34.5 Å². The van der Waals surface area contributed by atoms with Crippen LogP contribution in [0.1, 0.15) is 23.2 Å². The van der Waals surface area contributed by atoms with Gasteiger partial charge in [-0.15, -0.1) is 11.3 Å². The largest absolute Gasteiger partial charge is 0.496 e. The van der Waals surface area contributed by atoms with Gasteiger partial charge in [0.2, 0.25) is 12.0 Å². The van der Waals surface area contributed by atoms with E-state index in [2.05, 4.69) is 31.8 Å². The third-order valence-corrected chi connectivity index (χ3v) is 13.1. The van der Waals surface area contributed by atoms with Crippen LogP contribution in [-0.4, -0.2) is 99.9 Å². The van der Waals surface area contributed by atoms with Crippen LogP contribution in [0.2, 0.25) is 10.0 Å². The standard InChI is InChI=1S/C48H43Cl2FN6O6S/c1-56-17-19-57(20-18-56)25-34-13-7-28-8-14-38(61-26-33-15-16-52-45(55-33)35-5-3-4-6-39(35)60-2)30(21-28)24-40(48(58)59)63-46-42-41(31-22-36(49)43(62-34)37(50)23-31)44(64-47(42)54-27-53-46)29-9-11-32(51)12-10-29/h3-6,8-12,14-16,21-23,27,34,40H,7,13,17-20,24-26H2,1-2H3,(H,58,59)/t34?,40-/m1/s1. The number of para-hydroxylation sites is 1. The first-order valence-corrected chi connectivity index (χ1v) is 22.4. The molecule has 12 nitrogen and oxygen atoms in total. The Labute approximate surface area is 383 Å². The second-order valence-corrected chi connectivity index (χ2v) is 17.6. The van der Waals surface area contributed by atoms with Gasteiger partial charge in [0.1, 0.15) is 41.2 Å². The number of methoxy groups -OCH3 is 1. The van der Waals surface area contributed by atoms with Gasteiger partial charge in [-0.2, -0.15) is 0 Å². The van der Waals surface area contributed by atoms with Crippen molar-refractivity contribution >= 4 is 50.7 Å². The Bertz CT molecular complexity index is 2800. The number of aromatic nitrogens is 4. The number of thiophene rings is 1. The third kappa shape index (κ3) is 9.47. The molecule has 0 amide bonds. The van der Waals surface area contributed by atoms with Crippen molar-refractivity contribution < 1.29 is 33.2 Å². The highest BCUT2D eigenvalue weighted by Gasteiger charge is 2.30. The van der Waals surface area contributed by atoms with Crippen LogP contribution in [-0.2, 0) is 24.2 Å². The van der Waals surface area contributed by atoms with E-state index in [0.717, 1.165) is 37.3 Å². The van der Waals surface area contributed by atoms with Gasteiger partial charge in [0.25, 0.3) is 0 Å². The number of carbonyl (C=O) groups is 1. The molecule has 0 aliphatic carbocycles. The lowest BCUT2D eigenvalue weighted by Gasteiger charge is -2.35. The molecule has 2 atom stereocenters. The van der Waals surface area contributed by atoms with Crippen LogP contribution < -0.4 is 18.9 Å². The van der Waals surface area contributed by atoms with Gasteiger partial charge in [-0.3, -0.25) is 4.90 Å². The molecule has 1 fully saturated rings. The zero-order valence-corrected chi connectivity index (χ0v) is 37.3. The number of aryl methyl sites for hydroxylation is 1. The molecular formula is C48H43Cl2FN6O6S. The van der Waals surface area contributed by atoms with Crippen molar-refractivity contribution in [1.82, 2.24) is 29.7 Å². The Morgan fingerprint density at radius 1 is 0.922 bits per heavy atom. The molecule has 1 N–H and O–H groups in total. The van der Waals surface area contributed by atoms with Crippen molar-refractivity contribution in [1.29, 1.82) is 0 Å². The van der Waals surface area contributed by atoms with E-state index in [1.54, 1.807) is 43.6 Å². The predicted octanol–water partition coefficient (Wildman–Crippen LogP) is 9.53. The molecule has 328 valence electrons. The molecule has 0 saturated carbocycles. The number of halogens is 3. The number of carboxylic acid groups (broad SMARTS) is 1. The number of rotatable bonds is 9. The fourth-order valence-corrected chi connectivity index (χ4v) is 9.82. The first-order chi connectivity index (χ1) is 31.1. The summed E-state index contributed by atoms with van der Waals surface area (Å²) >= 11 is 15.6. The van der Waals surface area contributed by atoms with Gasteiger partial charge < -0.3 is 29.0 Å². The van der Waals surface area contributed by atoms with E-state index in [1.165, 1.54) is 29.8 Å². The van der Waals surface area contributed by atoms with E-state index < -0.39 is 17.9 Å². The summed E-state index contributed by atoms with van der Waals surface area (Å²) in [6.45, 7) is 4.37. The molecule has 6 heterocycles. The fraction of sp³-hybridized carbons (Fsp3) is 0.271. The van der Waals surface area contributed by atoms with E-state index in [-0.39, 0.29) is 25.0 Å². The number of carboxylic acids is 1. The molecule has 16 heteroatoms. The molecule has 64 heavy (non-hydrogen) atoms. The maximum absolute atomic E-state index is 14.2. The number of piperazine rings is 1. The monoisotopic (exact) mass is 920 g/mol. The Morgan fingerprint density at radius 2 is 1.70 bits per heavy atom. The first-order valence-electron chi connectivity index (χ1n) is 20.8. The van der Waals surface area contributed by atoms with Gasteiger partial charge >= 0.3 is 5.97 Å². The smallest absolute Gasteiger partial charge is 0.345 e. The summed E-state index contributed by atoms with van der Waals surface area (Å²) < 4.78 is 39.5. The number of likely N-dealkylation sites (N-methyl/N-ethyl adjacent to an activating group) is 1. The number of fused-ring (bicyclic) bond motifs is 7. The quantitative estimate of drug-likeness (QED) is 0.148. The third-order valence-electron chi connectivity index (χ3n) is 11.4. The Morgan fingerprint density at radius 3 is 2.47 bits per heavy atom. The SMILES string of the molecule is COc1ccccc1-c1nccc(COc2ccc3cc2C[C@H](C(=O)O)Oc2ncnc4sc(-c5ccc(F)cc5)c(c24)-c2cc(Cl)c(c(Cl)c2)OC(CN2CCN(C)CC2)CC3)n1. The minimum Gasteiger partial charge on any atom is -0.496 e. The van der Waals surface area contributed by atoms with Crippen LogP contribution in [0.3, 0.4) is 0 Å². The number of nitrogens with zero attached hydrogens (tertiary/aromatic N) is 6. The normalized spacial score (nSPS) is 17.1. The van der Waals surface area contributed by atoms with E-state index in [0.29, 0.717) is 95.5 Å². The number of aliphatic carboxylic acids is 1. The van der Waals surface area contributed by atoms with Gasteiger partial charge in [0.05, 0.1) is 33.8 Å². The number of hydrogen-bond acceptors (Lipinski definition) is 12. The Balaban J connectivity index is 1.13.